The van der Waals surface area contributed by atoms with Crippen molar-refractivity contribution in [1.82, 2.24) is 19.7 Å². The highest BCUT2D eigenvalue weighted by molar-refractivity contribution is 7.99. The van der Waals surface area contributed by atoms with Crippen LogP contribution in [0.15, 0.2) is 29.8 Å². The molecule has 0 atom stereocenters. The molecule has 0 spiro atoms. The molecule has 0 aliphatic carbocycles. The molecule has 7 heteroatoms. The van der Waals surface area contributed by atoms with Gasteiger partial charge in [0.1, 0.15) is 6.33 Å². The minimum atomic E-state index is -0.882. The monoisotopic (exact) mass is 250 g/mol. The maximum atomic E-state index is 10.5. The lowest BCUT2D eigenvalue weighted by Crippen LogP contribution is -2.02. The lowest BCUT2D eigenvalue weighted by Gasteiger charge is -2.07. The van der Waals surface area contributed by atoms with Gasteiger partial charge in [-0.1, -0.05) is 11.8 Å². The fourth-order valence-corrected chi connectivity index (χ4v) is 1.99. The van der Waals surface area contributed by atoms with Gasteiger partial charge in [-0.2, -0.15) is 0 Å². The molecule has 2 aromatic heterocycles. The van der Waals surface area contributed by atoms with Crippen molar-refractivity contribution in [3.8, 4) is 5.69 Å². The summed E-state index contributed by atoms with van der Waals surface area (Å²) in [5, 5.41) is 16.9. The minimum absolute atomic E-state index is 0.0436. The van der Waals surface area contributed by atoms with E-state index in [2.05, 4.69) is 15.2 Å². The minimum Gasteiger partial charge on any atom is -0.481 e. The Kier molecular flexibility index (Phi) is 3.38. The number of aryl methyl sites for hydroxylation is 1. The Balaban J connectivity index is 2.31. The Morgan fingerprint density at radius 3 is 3.12 bits per heavy atom. The summed E-state index contributed by atoms with van der Waals surface area (Å²) in [6.07, 6.45) is 3.25. The number of hydrogen-bond donors (Lipinski definition) is 1. The highest BCUT2D eigenvalue weighted by Crippen LogP contribution is 2.20. The van der Waals surface area contributed by atoms with Gasteiger partial charge in [0.15, 0.2) is 5.16 Å². The van der Waals surface area contributed by atoms with Crippen LogP contribution < -0.4 is 0 Å². The molecule has 0 saturated heterocycles. The number of aromatic nitrogens is 4. The molecule has 0 saturated carbocycles. The first kappa shape index (κ1) is 11.6. The van der Waals surface area contributed by atoms with Crippen molar-refractivity contribution in [3.05, 3.63) is 30.4 Å². The molecule has 88 valence electrons. The molecule has 2 heterocycles. The highest BCUT2D eigenvalue weighted by Gasteiger charge is 2.10. The lowest BCUT2D eigenvalue weighted by molar-refractivity contribution is -0.133. The second-order valence-electron chi connectivity index (χ2n) is 3.27. The molecule has 0 bridgehead atoms. The number of pyridine rings is 1. The Labute approximate surface area is 102 Å². The number of hydrogen-bond acceptors (Lipinski definition) is 5. The number of carboxylic acid groups (broad SMARTS) is 1. The van der Waals surface area contributed by atoms with Crippen molar-refractivity contribution in [1.29, 1.82) is 0 Å². The zero-order chi connectivity index (χ0) is 12.3. The summed E-state index contributed by atoms with van der Waals surface area (Å²) in [5.74, 6) is -0.926. The quantitative estimate of drug-likeness (QED) is 0.820. The van der Waals surface area contributed by atoms with Crippen LogP contribution in [0, 0.1) is 6.92 Å². The SMILES string of the molecule is Cc1ncccc1-n1cnnc1SCC(=O)O. The second-order valence-corrected chi connectivity index (χ2v) is 4.22. The summed E-state index contributed by atoms with van der Waals surface area (Å²) in [7, 11) is 0. The molecule has 0 fully saturated rings. The molecule has 0 aliphatic heterocycles. The first-order valence-electron chi connectivity index (χ1n) is 4.85. The van der Waals surface area contributed by atoms with Crippen molar-refractivity contribution < 1.29 is 9.90 Å². The zero-order valence-electron chi connectivity index (χ0n) is 9.07. The van der Waals surface area contributed by atoms with E-state index in [1.54, 1.807) is 17.1 Å². The van der Waals surface area contributed by atoms with E-state index >= 15 is 0 Å². The zero-order valence-corrected chi connectivity index (χ0v) is 9.89. The van der Waals surface area contributed by atoms with Gasteiger partial charge in [-0.3, -0.25) is 14.3 Å². The van der Waals surface area contributed by atoms with Gasteiger partial charge in [0.05, 0.1) is 17.1 Å². The molecule has 2 aromatic rings. The summed E-state index contributed by atoms with van der Waals surface area (Å²) in [4.78, 5) is 14.7. The standard InChI is InChI=1S/C10H10N4O2S/c1-7-8(3-2-4-11-7)14-6-12-13-10(14)17-5-9(15)16/h2-4,6H,5H2,1H3,(H,15,16). The van der Waals surface area contributed by atoms with E-state index in [1.807, 2.05) is 19.1 Å². The van der Waals surface area contributed by atoms with Crippen LogP contribution in [0.3, 0.4) is 0 Å². The van der Waals surface area contributed by atoms with Gasteiger partial charge in [0.25, 0.3) is 0 Å². The summed E-state index contributed by atoms with van der Waals surface area (Å²) < 4.78 is 1.73. The van der Waals surface area contributed by atoms with Gasteiger partial charge in [-0.25, -0.2) is 0 Å². The number of aliphatic carboxylic acids is 1. The summed E-state index contributed by atoms with van der Waals surface area (Å²) >= 11 is 1.13. The predicted molar refractivity (Wildman–Crippen MR) is 62.3 cm³/mol. The molecule has 6 nitrogen and oxygen atoms in total. The summed E-state index contributed by atoms with van der Waals surface area (Å²) in [6, 6.07) is 3.70. The fraction of sp³-hybridized carbons (Fsp3) is 0.200. The Hall–Kier alpha value is -1.89. The number of rotatable bonds is 4. The van der Waals surface area contributed by atoms with Gasteiger partial charge in [-0.05, 0) is 19.1 Å². The van der Waals surface area contributed by atoms with Crippen LogP contribution in [0.4, 0.5) is 0 Å². The average molecular weight is 250 g/mol. The summed E-state index contributed by atoms with van der Waals surface area (Å²) in [6.45, 7) is 1.88. The lowest BCUT2D eigenvalue weighted by atomic mass is 10.3. The van der Waals surface area contributed by atoms with Gasteiger partial charge in [0.2, 0.25) is 0 Å². The second kappa shape index (κ2) is 4.96. The van der Waals surface area contributed by atoms with Crippen LogP contribution in [-0.2, 0) is 4.79 Å². The Morgan fingerprint density at radius 2 is 2.41 bits per heavy atom. The topological polar surface area (TPSA) is 80.9 Å². The molecule has 0 amide bonds. The predicted octanol–water partition coefficient (Wildman–Crippen LogP) is 1.15. The van der Waals surface area contributed by atoms with E-state index in [1.165, 1.54) is 0 Å². The average Bonchev–Trinajstić information content (AvgIpc) is 2.75. The number of carbonyl (C=O) groups is 1. The van der Waals surface area contributed by atoms with Crippen molar-refractivity contribution in [2.45, 2.75) is 12.1 Å². The van der Waals surface area contributed by atoms with Crippen LogP contribution in [-0.4, -0.2) is 36.6 Å². The van der Waals surface area contributed by atoms with Crippen molar-refractivity contribution in [2.24, 2.45) is 0 Å². The van der Waals surface area contributed by atoms with Crippen LogP contribution in [0.1, 0.15) is 5.69 Å². The maximum Gasteiger partial charge on any atom is 0.313 e. The van der Waals surface area contributed by atoms with Crippen LogP contribution in [0.5, 0.6) is 0 Å². The van der Waals surface area contributed by atoms with Crippen LogP contribution >= 0.6 is 11.8 Å². The third kappa shape index (κ3) is 2.62. The van der Waals surface area contributed by atoms with E-state index in [0.717, 1.165) is 23.1 Å². The van der Waals surface area contributed by atoms with E-state index < -0.39 is 5.97 Å². The molecule has 1 N–H and O–H groups in total. The third-order valence-corrected chi connectivity index (χ3v) is 3.01. The fourth-order valence-electron chi connectivity index (χ4n) is 1.34. The Bertz CT molecular complexity index is 541. The third-order valence-electron chi connectivity index (χ3n) is 2.08. The van der Waals surface area contributed by atoms with E-state index in [9.17, 15) is 4.79 Å². The smallest absolute Gasteiger partial charge is 0.313 e. The van der Waals surface area contributed by atoms with Gasteiger partial charge >= 0.3 is 5.97 Å². The van der Waals surface area contributed by atoms with Gasteiger partial charge in [0, 0.05) is 6.20 Å². The normalized spacial score (nSPS) is 10.4. The molecule has 0 unspecified atom stereocenters. The van der Waals surface area contributed by atoms with Crippen LogP contribution in [0.25, 0.3) is 5.69 Å². The summed E-state index contributed by atoms with van der Waals surface area (Å²) in [5.41, 5.74) is 1.69. The molecule has 0 aliphatic rings. The van der Waals surface area contributed by atoms with E-state index in [4.69, 9.17) is 5.11 Å². The maximum absolute atomic E-state index is 10.5. The van der Waals surface area contributed by atoms with Crippen molar-refractivity contribution >= 4 is 17.7 Å². The number of nitrogens with zero attached hydrogens (tertiary/aromatic N) is 4. The molecule has 0 radical (unpaired) electrons. The van der Waals surface area contributed by atoms with Gasteiger partial charge in [-0.15, -0.1) is 10.2 Å². The highest BCUT2D eigenvalue weighted by atomic mass is 32.2. The molecular formula is C10H10N4O2S. The molecular weight excluding hydrogens is 240 g/mol. The van der Waals surface area contributed by atoms with E-state index in [-0.39, 0.29) is 5.75 Å². The van der Waals surface area contributed by atoms with Crippen molar-refractivity contribution in [3.63, 3.8) is 0 Å². The van der Waals surface area contributed by atoms with Crippen LogP contribution in [0.2, 0.25) is 0 Å². The number of thioether (sulfide) groups is 1. The van der Waals surface area contributed by atoms with Gasteiger partial charge < -0.3 is 5.11 Å². The van der Waals surface area contributed by atoms with E-state index in [0.29, 0.717) is 5.16 Å². The Morgan fingerprint density at radius 1 is 1.59 bits per heavy atom. The number of carboxylic acids is 1. The molecule has 2 rings (SSSR count). The first-order chi connectivity index (χ1) is 8.18. The molecule has 0 aromatic carbocycles. The first-order valence-corrected chi connectivity index (χ1v) is 5.83. The van der Waals surface area contributed by atoms with Crippen molar-refractivity contribution in [2.75, 3.05) is 5.75 Å². The molecule has 17 heavy (non-hydrogen) atoms. The largest absolute Gasteiger partial charge is 0.481 e.